The first-order chi connectivity index (χ1) is 11.3. The molecule has 0 saturated heterocycles. The Morgan fingerprint density at radius 1 is 1.08 bits per heavy atom. The Hall–Kier alpha value is -1.38. The summed E-state index contributed by atoms with van der Waals surface area (Å²) in [6.07, 6.45) is 0. The van der Waals surface area contributed by atoms with Crippen LogP contribution in [0.15, 0.2) is 62.4 Å². The molecule has 0 atom stereocenters. The molecule has 8 heteroatoms. The number of benzene rings is 2. The van der Waals surface area contributed by atoms with Gasteiger partial charge in [0.2, 0.25) is 0 Å². The van der Waals surface area contributed by atoms with Crippen molar-refractivity contribution in [3.05, 3.63) is 57.5 Å². The lowest BCUT2D eigenvalue weighted by Crippen LogP contribution is -2.36. The number of carbonyl (C=O) groups is 1. The zero-order valence-electron chi connectivity index (χ0n) is 12.8. The molecule has 0 N–H and O–H groups in total. The third-order valence-electron chi connectivity index (χ3n) is 3.08. The van der Waals surface area contributed by atoms with Crippen molar-refractivity contribution in [3.63, 3.8) is 0 Å². The van der Waals surface area contributed by atoms with E-state index in [0.29, 0.717) is 10.2 Å². The quantitative estimate of drug-likeness (QED) is 0.591. The topological polar surface area (TPSA) is 63.7 Å². The second-order valence-corrected chi connectivity index (χ2v) is 8.44. The molecule has 0 radical (unpaired) electrons. The normalized spacial score (nSPS) is 11.1. The van der Waals surface area contributed by atoms with Crippen LogP contribution in [-0.4, -0.2) is 27.5 Å². The molecule has 0 saturated carbocycles. The van der Waals surface area contributed by atoms with Gasteiger partial charge in [0.05, 0.1) is 17.2 Å². The van der Waals surface area contributed by atoms with Crippen LogP contribution < -0.4 is 4.31 Å². The minimum Gasteiger partial charge on any atom is -0.465 e. The molecule has 2 aromatic rings. The molecule has 2 aromatic carbocycles. The van der Waals surface area contributed by atoms with Crippen LogP contribution in [0.2, 0.25) is 0 Å². The zero-order valence-corrected chi connectivity index (χ0v) is 16.8. The Balaban J connectivity index is 2.48. The second-order valence-electron chi connectivity index (χ2n) is 4.75. The van der Waals surface area contributed by atoms with Crippen molar-refractivity contribution >= 4 is 53.5 Å². The van der Waals surface area contributed by atoms with Crippen molar-refractivity contribution in [1.29, 1.82) is 0 Å². The largest absolute Gasteiger partial charge is 0.465 e. The monoisotopic (exact) mass is 475 g/mol. The zero-order chi connectivity index (χ0) is 17.7. The van der Waals surface area contributed by atoms with Crippen molar-refractivity contribution < 1.29 is 17.9 Å². The van der Waals surface area contributed by atoms with Gasteiger partial charge in [0, 0.05) is 8.95 Å². The molecule has 0 amide bonds. The summed E-state index contributed by atoms with van der Waals surface area (Å²) in [5.41, 5.74) is 0.375. The van der Waals surface area contributed by atoms with Crippen LogP contribution in [0, 0.1) is 0 Å². The lowest BCUT2D eigenvalue weighted by atomic mass is 10.3. The first kappa shape index (κ1) is 19.0. The van der Waals surface area contributed by atoms with Gasteiger partial charge in [0.1, 0.15) is 6.54 Å². The minimum atomic E-state index is -3.91. The number of sulfonamides is 1. The summed E-state index contributed by atoms with van der Waals surface area (Å²) in [6, 6.07) is 13.0. The van der Waals surface area contributed by atoms with Gasteiger partial charge in [0.15, 0.2) is 0 Å². The van der Waals surface area contributed by atoms with Crippen molar-refractivity contribution in [2.24, 2.45) is 0 Å². The minimum absolute atomic E-state index is 0.0926. The predicted molar refractivity (Wildman–Crippen MR) is 99.4 cm³/mol. The Morgan fingerprint density at radius 2 is 1.75 bits per heavy atom. The van der Waals surface area contributed by atoms with Gasteiger partial charge in [-0.25, -0.2) is 8.42 Å². The van der Waals surface area contributed by atoms with Gasteiger partial charge >= 0.3 is 5.97 Å². The molecule has 0 unspecified atom stereocenters. The van der Waals surface area contributed by atoms with Gasteiger partial charge < -0.3 is 4.74 Å². The molecule has 0 heterocycles. The van der Waals surface area contributed by atoms with Gasteiger partial charge in [-0.15, -0.1) is 0 Å². The first-order valence-corrected chi connectivity index (χ1v) is 10.1. The highest BCUT2D eigenvalue weighted by Gasteiger charge is 2.27. The molecule has 0 bridgehead atoms. The number of hydrogen-bond donors (Lipinski definition) is 0. The number of rotatable bonds is 6. The third-order valence-corrected chi connectivity index (χ3v) is 5.89. The maximum atomic E-state index is 13.0. The molecule has 2 rings (SSSR count). The van der Waals surface area contributed by atoms with Crippen molar-refractivity contribution in [2.45, 2.75) is 11.8 Å². The van der Waals surface area contributed by atoms with E-state index in [4.69, 9.17) is 4.74 Å². The fraction of sp³-hybridized carbons (Fsp3) is 0.188. The smallest absolute Gasteiger partial charge is 0.326 e. The maximum Gasteiger partial charge on any atom is 0.326 e. The molecule has 0 aromatic heterocycles. The van der Waals surface area contributed by atoms with Crippen LogP contribution in [0.1, 0.15) is 6.92 Å². The number of anilines is 1. The molecule has 0 aliphatic carbocycles. The Kier molecular flexibility index (Phi) is 6.42. The van der Waals surface area contributed by atoms with Crippen molar-refractivity contribution in [1.82, 2.24) is 0 Å². The summed E-state index contributed by atoms with van der Waals surface area (Å²) in [7, 11) is -3.91. The standard InChI is InChI=1S/C16H15Br2NO4S/c1-2-23-16(20)11-19(14-5-3-4-13(18)10-14)24(21,22)15-8-6-12(17)7-9-15/h3-10H,2,11H2,1H3. The number of halogens is 2. The molecule has 24 heavy (non-hydrogen) atoms. The highest BCUT2D eigenvalue weighted by molar-refractivity contribution is 9.10. The van der Waals surface area contributed by atoms with Crippen molar-refractivity contribution in [2.75, 3.05) is 17.5 Å². The molecule has 0 aliphatic heterocycles. The summed E-state index contributed by atoms with van der Waals surface area (Å²) in [5, 5.41) is 0. The number of nitrogens with zero attached hydrogens (tertiary/aromatic N) is 1. The lowest BCUT2D eigenvalue weighted by molar-refractivity contribution is -0.141. The maximum absolute atomic E-state index is 13.0. The number of esters is 1. The molecule has 128 valence electrons. The highest BCUT2D eigenvalue weighted by Crippen LogP contribution is 2.27. The molecule has 0 spiro atoms. The SMILES string of the molecule is CCOC(=O)CN(c1cccc(Br)c1)S(=O)(=O)c1ccc(Br)cc1. The van der Waals surface area contributed by atoms with Crippen LogP contribution in [0.4, 0.5) is 5.69 Å². The van der Waals surface area contributed by atoms with Crippen LogP contribution in [0.25, 0.3) is 0 Å². The van der Waals surface area contributed by atoms with E-state index in [1.54, 1.807) is 43.3 Å². The summed E-state index contributed by atoms with van der Waals surface area (Å²) in [5.74, 6) is -0.613. The second kappa shape index (κ2) is 8.13. The van der Waals surface area contributed by atoms with Gasteiger partial charge in [-0.05, 0) is 49.4 Å². The van der Waals surface area contributed by atoms with Gasteiger partial charge in [-0.1, -0.05) is 37.9 Å². The van der Waals surface area contributed by atoms with E-state index in [0.717, 1.165) is 8.78 Å². The van der Waals surface area contributed by atoms with E-state index < -0.39 is 22.5 Å². The molecular weight excluding hydrogens is 462 g/mol. The number of hydrogen-bond acceptors (Lipinski definition) is 4. The average Bonchev–Trinajstić information content (AvgIpc) is 2.53. The van der Waals surface area contributed by atoms with Gasteiger partial charge in [0.25, 0.3) is 10.0 Å². The Morgan fingerprint density at radius 3 is 2.33 bits per heavy atom. The van der Waals surface area contributed by atoms with Crippen LogP contribution >= 0.6 is 31.9 Å². The predicted octanol–water partition coefficient (Wildman–Crippen LogP) is 3.97. The van der Waals surface area contributed by atoms with Crippen LogP contribution in [0.3, 0.4) is 0 Å². The number of carbonyl (C=O) groups excluding carboxylic acids is 1. The van der Waals surface area contributed by atoms with Crippen LogP contribution in [-0.2, 0) is 19.6 Å². The molecular formula is C16H15Br2NO4S. The van der Waals surface area contributed by atoms with E-state index in [1.165, 1.54) is 12.1 Å². The fourth-order valence-corrected chi connectivity index (χ4v) is 4.06. The number of ether oxygens (including phenoxy) is 1. The molecule has 0 fully saturated rings. The summed E-state index contributed by atoms with van der Waals surface area (Å²) in [6.45, 7) is 1.46. The van der Waals surface area contributed by atoms with E-state index in [1.807, 2.05) is 0 Å². The lowest BCUT2D eigenvalue weighted by Gasteiger charge is -2.23. The van der Waals surface area contributed by atoms with E-state index in [2.05, 4.69) is 31.9 Å². The summed E-state index contributed by atoms with van der Waals surface area (Å²) < 4.78 is 33.4. The average molecular weight is 477 g/mol. The van der Waals surface area contributed by atoms with Gasteiger partial charge in [-0.3, -0.25) is 9.10 Å². The van der Waals surface area contributed by atoms with Crippen molar-refractivity contribution in [3.8, 4) is 0 Å². The Bertz CT molecular complexity index is 822. The molecule has 0 aliphatic rings. The Labute approximate surface area is 157 Å². The fourth-order valence-electron chi connectivity index (χ4n) is 2.00. The van der Waals surface area contributed by atoms with E-state index in [-0.39, 0.29) is 11.5 Å². The summed E-state index contributed by atoms with van der Waals surface area (Å²) >= 11 is 6.59. The summed E-state index contributed by atoms with van der Waals surface area (Å²) in [4.78, 5) is 12.0. The van der Waals surface area contributed by atoms with Gasteiger partial charge in [-0.2, -0.15) is 0 Å². The highest BCUT2D eigenvalue weighted by atomic mass is 79.9. The third kappa shape index (κ3) is 4.58. The van der Waals surface area contributed by atoms with Crippen LogP contribution in [0.5, 0.6) is 0 Å². The molecule has 5 nitrogen and oxygen atoms in total. The van der Waals surface area contributed by atoms with E-state index >= 15 is 0 Å². The first-order valence-electron chi connectivity index (χ1n) is 7.04. The van der Waals surface area contributed by atoms with E-state index in [9.17, 15) is 13.2 Å².